The number of nitrogens with zero attached hydrogens (tertiary/aromatic N) is 4. The molecule has 6 rings (SSSR count). The van der Waals surface area contributed by atoms with Crippen molar-refractivity contribution in [1.29, 1.82) is 0 Å². The van der Waals surface area contributed by atoms with Crippen LogP contribution >= 0.6 is 0 Å². The average molecular weight is 521 g/mol. The first-order valence-electron chi connectivity index (χ1n) is 13.2. The summed E-state index contributed by atoms with van der Waals surface area (Å²) in [5, 5.41) is 28.6. The molecule has 0 atom stereocenters. The predicted octanol–water partition coefficient (Wildman–Crippen LogP) is 6.79. The maximum atomic E-state index is 11.7. The number of ether oxygens (including phenoxy) is 1. The summed E-state index contributed by atoms with van der Waals surface area (Å²) in [5.41, 5.74) is 3.73. The molecule has 0 radical (unpaired) electrons. The van der Waals surface area contributed by atoms with E-state index in [-0.39, 0.29) is 23.2 Å². The van der Waals surface area contributed by atoms with Crippen molar-refractivity contribution in [3.63, 3.8) is 0 Å². The van der Waals surface area contributed by atoms with Crippen LogP contribution in [0.1, 0.15) is 59.8 Å². The van der Waals surface area contributed by atoms with Crippen LogP contribution in [-0.4, -0.2) is 35.9 Å². The van der Waals surface area contributed by atoms with E-state index < -0.39 is 5.97 Å². The highest BCUT2D eigenvalue weighted by Crippen LogP contribution is 2.38. The van der Waals surface area contributed by atoms with Gasteiger partial charge in [-0.25, -0.2) is 9.78 Å². The number of rotatable bonds is 7. The fourth-order valence-corrected chi connectivity index (χ4v) is 5.43. The minimum atomic E-state index is -0.957. The molecule has 0 amide bonds. The lowest BCUT2D eigenvalue weighted by Gasteiger charge is -2.22. The molecule has 39 heavy (non-hydrogen) atoms. The van der Waals surface area contributed by atoms with Crippen LogP contribution in [0.5, 0.6) is 17.5 Å². The number of imidazole rings is 1. The number of aromatic hydroxyl groups is 1. The molecule has 1 fully saturated rings. The zero-order valence-electron chi connectivity index (χ0n) is 21.3. The molecule has 8 heteroatoms. The van der Waals surface area contributed by atoms with Crippen LogP contribution in [0, 0.1) is 0 Å². The second-order valence-electron chi connectivity index (χ2n) is 9.88. The Labute approximate surface area is 225 Å². The molecule has 0 saturated heterocycles. The maximum Gasteiger partial charge on any atom is 0.336 e. The summed E-state index contributed by atoms with van der Waals surface area (Å²) in [4.78, 5) is 16.7. The third-order valence-electron chi connectivity index (χ3n) is 7.34. The summed E-state index contributed by atoms with van der Waals surface area (Å²) in [6, 6.07) is 24.2. The molecular formula is C31H28N4O4. The Bertz CT molecular complexity index is 1620. The number of benzene rings is 3. The lowest BCUT2D eigenvalue weighted by atomic mass is 9.88. The second kappa shape index (κ2) is 10.6. The lowest BCUT2D eigenvalue weighted by molar-refractivity contribution is 0.0697. The van der Waals surface area contributed by atoms with E-state index in [2.05, 4.69) is 10.2 Å². The van der Waals surface area contributed by atoms with Crippen molar-refractivity contribution in [2.24, 2.45) is 0 Å². The number of carboxylic acids is 1. The normalized spacial score (nSPS) is 13.9. The van der Waals surface area contributed by atoms with Gasteiger partial charge in [0.1, 0.15) is 17.1 Å². The Morgan fingerprint density at radius 2 is 1.62 bits per heavy atom. The number of para-hydroxylation sites is 1. The molecule has 0 unspecified atom stereocenters. The van der Waals surface area contributed by atoms with Gasteiger partial charge in [0, 0.05) is 12.5 Å². The minimum Gasteiger partial charge on any atom is -0.491 e. The van der Waals surface area contributed by atoms with E-state index in [1.165, 1.54) is 6.42 Å². The van der Waals surface area contributed by atoms with Crippen LogP contribution in [-0.2, 0) is 6.54 Å². The van der Waals surface area contributed by atoms with E-state index in [1.54, 1.807) is 12.1 Å². The Kier molecular flexibility index (Phi) is 6.67. The highest BCUT2D eigenvalue weighted by Gasteiger charge is 2.27. The number of carbonyl (C=O) groups is 1. The zero-order chi connectivity index (χ0) is 26.8. The summed E-state index contributed by atoms with van der Waals surface area (Å²) < 4.78 is 8.07. The van der Waals surface area contributed by atoms with Gasteiger partial charge in [-0.3, -0.25) is 0 Å². The van der Waals surface area contributed by atoms with Crippen molar-refractivity contribution in [3.05, 3.63) is 95.8 Å². The first-order chi connectivity index (χ1) is 19.1. The molecule has 8 nitrogen and oxygen atoms in total. The summed E-state index contributed by atoms with van der Waals surface area (Å²) in [5.74, 6) is 0.883. The average Bonchev–Trinajstić information content (AvgIpc) is 3.36. The Morgan fingerprint density at radius 3 is 2.36 bits per heavy atom. The largest absolute Gasteiger partial charge is 0.491 e. The van der Waals surface area contributed by atoms with Crippen LogP contribution in [0.15, 0.2) is 78.9 Å². The first kappa shape index (κ1) is 24.6. The third kappa shape index (κ3) is 4.93. The minimum absolute atomic E-state index is 0.188. The van der Waals surface area contributed by atoms with Gasteiger partial charge in [-0.05, 0) is 47.7 Å². The van der Waals surface area contributed by atoms with Gasteiger partial charge in [-0.15, -0.1) is 10.2 Å². The standard InChI is InChI=1S/C31H28N4O4/c36-29-27-26(30(34-33-29)39-23-11-5-2-6-12-23)32-28(22-9-3-1-4-10-22)35(27)19-20-15-17-21(18-16-20)24-13-7-8-14-25(24)31(37)38/h2,5-8,11-18,22H,1,3-4,9-10,19H2,(H,33,36)(H,37,38). The molecule has 2 N–H and O–H groups in total. The molecule has 196 valence electrons. The molecule has 5 aromatic rings. The lowest BCUT2D eigenvalue weighted by Crippen LogP contribution is -2.13. The van der Waals surface area contributed by atoms with Gasteiger partial charge < -0.3 is 19.5 Å². The molecule has 0 aliphatic heterocycles. The summed E-state index contributed by atoms with van der Waals surface area (Å²) in [6.07, 6.45) is 5.56. The SMILES string of the molecule is O=C(O)c1ccccc1-c1ccc(Cn2c(C3CCCCC3)nc3c(Oc4ccccc4)nnc(O)c32)cc1. The van der Waals surface area contributed by atoms with Crippen molar-refractivity contribution in [2.45, 2.75) is 44.6 Å². The van der Waals surface area contributed by atoms with E-state index in [0.717, 1.165) is 42.6 Å². The number of aromatic carboxylic acids is 1. The van der Waals surface area contributed by atoms with Crippen LogP contribution in [0.2, 0.25) is 0 Å². The van der Waals surface area contributed by atoms with E-state index in [4.69, 9.17) is 9.72 Å². The quantitative estimate of drug-likeness (QED) is 0.243. The van der Waals surface area contributed by atoms with E-state index in [1.807, 2.05) is 71.3 Å². The zero-order valence-corrected chi connectivity index (χ0v) is 21.3. The fraction of sp³-hybridized carbons (Fsp3) is 0.226. The number of hydrogen-bond acceptors (Lipinski definition) is 6. The Balaban J connectivity index is 1.41. The Hall–Kier alpha value is -4.72. The van der Waals surface area contributed by atoms with Crippen molar-refractivity contribution < 1.29 is 19.7 Å². The molecule has 0 spiro atoms. The predicted molar refractivity (Wildman–Crippen MR) is 147 cm³/mol. The van der Waals surface area contributed by atoms with Crippen LogP contribution < -0.4 is 4.74 Å². The summed E-state index contributed by atoms with van der Waals surface area (Å²) >= 11 is 0. The van der Waals surface area contributed by atoms with E-state index >= 15 is 0 Å². The topological polar surface area (TPSA) is 110 Å². The highest BCUT2D eigenvalue weighted by atomic mass is 16.5. The second-order valence-corrected chi connectivity index (χ2v) is 9.88. The number of fused-ring (bicyclic) bond motifs is 1. The smallest absolute Gasteiger partial charge is 0.336 e. The third-order valence-corrected chi connectivity index (χ3v) is 7.34. The summed E-state index contributed by atoms with van der Waals surface area (Å²) in [6.45, 7) is 0.465. The van der Waals surface area contributed by atoms with Gasteiger partial charge >= 0.3 is 5.97 Å². The molecule has 0 bridgehead atoms. The number of hydrogen-bond donors (Lipinski definition) is 2. The maximum absolute atomic E-state index is 11.7. The monoisotopic (exact) mass is 520 g/mol. The van der Waals surface area contributed by atoms with Gasteiger partial charge in [-0.2, -0.15) is 0 Å². The molecule has 3 aromatic carbocycles. The van der Waals surface area contributed by atoms with Gasteiger partial charge in [-0.1, -0.05) is 79.9 Å². The molecule has 1 aliphatic carbocycles. The van der Waals surface area contributed by atoms with E-state index in [9.17, 15) is 15.0 Å². The van der Waals surface area contributed by atoms with Gasteiger partial charge in [0.25, 0.3) is 11.8 Å². The number of carboxylic acid groups (broad SMARTS) is 1. The summed E-state index contributed by atoms with van der Waals surface area (Å²) in [7, 11) is 0. The van der Waals surface area contributed by atoms with Crippen molar-refractivity contribution in [1.82, 2.24) is 19.7 Å². The molecular weight excluding hydrogens is 492 g/mol. The van der Waals surface area contributed by atoms with Crippen LogP contribution in [0.25, 0.3) is 22.2 Å². The van der Waals surface area contributed by atoms with Crippen molar-refractivity contribution in [2.75, 3.05) is 0 Å². The molecule has 1 aliphatic rings. The van der Waals surface area contributed by atoms with Gasteiger partial charge in [0.2, 0.25) is 0 Å². The van der Waals surface area contributed by atoms with Gasteiger partial charge in [0.15, 0.2) is 5.52 Å². The molecule has 1 saturated carbocycles. The fourth-order valence-electron chi connectivity index (χ4n) is 5.43. The van der Waals surface area contributed by atoms with Gasteiger partial charge in [0.05, 0.1) is 5.56 Å². The molecule has 2 heterocycles. The van der Waals surface area contributed by atoms with Crippen LogP contribution in [0.3, 0.4) is 0 Å². The number of aromatic nitrogens is 4. The van der Waals surface area contributed by atoms with Crippen molar-refractivity contribution in [3.8, 4) is 28.6 Å². The first-order valence-corrected chi connectivity index (χ1v) is 13.2. The Morgan fingerprint density at radius 1 is 0.897 bits per heavy atom. The molecule has 2 aromatic heterocycles. The van der Waals surface area contributed by atoms with E-state index in [0.29, 0.717) is 28.9 Å². The van der Waals surface area contributed by atoms with Crippen LogP contribution in [0.4, 0.5) is 0 Å². The van der Waals surface area contributed by atoms with Crippen molar-refractivity contribution >= 4 is 17.0 Å². The highest BCUT2D eigenvalue weighted by molar-refractivity contribution is 5.96.